The first kappa shape index (κ1) is 12.2. The Kier molecular flexibility index (Phi) is 2.88. The maximum absolute atomic E-state index is 12.2. The molecule has 1 amide bonds. The van der Waals surface area contributed by atoms with Gasteiger partial charge in [-0.05, 0) is 43.9 Å². The number of carbonyl (C=O) groups is 1. The Morgan fingerprint density at radius 1 is 1.26 bits per heavy atom. The Morgan fingerprint density at radius 2 is 2.11 bits per heavy atom. The van der Waals surface area contributed by atoms with Gasteiger partial charge in [-0.2, -0.15) is 4.99 Å². The van der Waals surface area contributed by atoms with Crippen molar-refractivity contribution in [3.8, 4) is 0 Å². The summed E-state index contributed by atoms with van der Waals surface area (Å²) in [7, 11) is 0. The summed E-state index contributed by atoms with van der Waals surface area (Å²) in [6, 6.07) is 0.563. The smallest absolute Gasteiger partial charge is 0.264 e. The van der Waals surface area contributed by atoms with Crippen molar-refractivity contribution in [2.45, 2.75) is 49.3 Å². The molecule has 5 heteroatoms. The van der Waals surface area contributed by atoms with Crippen LogP contribution < -0.4 is 5.32 Å². The summed E-state index contributed by atoms with van der Waals surface area (Å²) in [6.07, 6.45) is 7.02. The average molecular weight is 280 g/mol. The maximum atomic E-state index is 12.2. The van der Waals surface area contributed by atoms with Crippen LogP contribution in [0.5, 0.6) is 0 Å². The number of nitrogens with one attached hydrogen (secondary N) is 1. The van der Waals surface area contributed by atoms with Crippen molar-refractivity contribution in [3.05, 3.63) is 0 Å². The molecule has 4 nitrogen and oxygen atoms in total. The van der Waals surface area contributed by atoms with Crippen LogP contribution in [0.3, 0.4) is 0 Å². The lowest BCUT2D eigenvalue weighted by atomic mass is 9.96. The van der Waals surface area contributed by atoms with E-state index in [0.717, 1.165) is 29.8 Å². The average Bonchev–Trinajstić information content (AvgIpc) is 3.08. The second-order valence-electron chi connectivity index (χ2n) is 6.36. The van der Waals surface area contributed by atoms with Gasteiger partial charge in [0.1, 0.15) is 4.75 Å². The first-order valence-electron chi connectivity index (χ1n) is 7.42. The molecular weight excluding hydrogens is 260 g/mol. The highest BCUT2D eigenvalue weighted by molar-refractivity contribution is 8.16. The number of carbonyl (C=O) groups excluding carboxylic acids is 1. The minimum Gasteiger partial charge on any atom is -0.381 e. The van der Waals surface area contributed by atoms with Crippen LogP contribution in [0.1, 0.15) is 38.5 Å². The van der Waals surface area contributed by atoms with E-state index >= 15 is 0 Å². The Morgan fingerprint density at radius 3 is 2.79 bits per heavy atom. The van der Waals surface area contributed by atoms with Crippen molar-refractivity contribution in [1.29, 1.82) is 0 Å². The van der Waals surface area contributed by atoms with Crippen LogP contribution in [0.25, 0.3) is 0 Å². The number of amides is 1. The van der Waals surface area contributed by atoms with Gasteiger partial charge in [0.05, 0.1) is 0 Å². The van der Waals surface area contributed by atoms with Crippen LogP contribution in [-0.2, 0) is 9.53 Å². The van der Waals surface area contributed by atoms with E-state index in [1.54, 1.807) is 11.8 Å². The predicted molar refractivity (Wildman–Crippen MR) is 75.2 cm³/mol. The molecule has 2 aliphatic heterocycles. The highest BCUT2D eigenvalue weighted by Gasteiger charge is 2.48. The van der Waals surface area contributed by atoms with Gasteiger partial charge in [-0.3, -0.25) is 4.79 Å². The molecule has 2 aliphatic carbocycles. The number of amidine groups is 1. The number of hydrogen-bond donors (Lipinski definition) is 1. The van der Waals surface area contributed by atoms with Gasteiger partial charge >= 0.3 is 0 Å². The van der Waals surface area contributed by atoms with E-state index in [1.165, 1.54) is 25.7 Å². The van der Waals surface area contributed by atoms with Gasteiger partial charge in [-0.25, -0.2) is 0 Å². The molecule has 3 atom stereocenters. The van der Waals surface area contributed by atoms with Gasteiger partial charge in [0.25, 0.3) is 5.91 Å². The second-order valence-corrected chi connectivity index (χ2v) is 7.73. The fourth-order valence-electron chi connectivity index (χ4n) is 4.10. The standard InChI is InChI=1S/C14H20N2O2S/c17-12-14(3-5-18-6-4-14)19-13(16-12)15-11-8-9-1-2-10(11)7-9/h9-11H,1-8H2,(H,15,16,17)/t9-,10+,11+/m0/s1. The number of thioether (sulfide) groups is 1. The zero-order valence-electron chi connectivity index (χ0n) is 11.1. The summed E-state index contributed by atoms with van der Waals surface area (Å²) in [5, 5.41) is 4.44. The van der Waals surface area contributed by atoms with Crippen molar-refractivity contribution in [3.63, 3.8) is 0 Å². The third-order valence-electron chi connectivity index (χ3n) is 5.23. The molecular formula is C14H20N2O2S. The van der Waals surface area contributed by atoms with Crippen molar-refractivity contribution in [1.82, 2.24) is 5.32 Å². The predicted octanol–water partition coefficient (Wildman–Crippen LogP) is 1.94. The molecule has 2 heterocycles. The first-order chi connectivity index (χ1) is 9.25. The molecule has 2 bridgehead atoms. The largest absolute Gasteiger partial charge is 0.381 e. The Bertz CT molecular complexity index is 431. The molecule has 1 saturated heterocycles. The second kappa shape index (κ2) is 4.48. The number of rotatable bonds is 1. The van der Waals surface area contributed by atoms with Crippen molar-refractivity contribution in [2.75, 3.05) is 13.2 Å². The molecule has 0 unspecified atom stereocenters. The monoisotopic (exact) mass is 280 g/mol. The highest BCUT2D eigenvalue weighted by Crippen LogP contribution is 2.46. The molecule has 104 valence electrons. The van der Waals surface area contributed by atoms with Crippen LogP contribution in [0.4, 0.5) is 0 Å². The van der Waals surface area contributed by atoms with Crippen LogP contribution in [0, 0.1) is 11.8 Å². The first-order valence-corrected chi connectivity index (χ1v) is 8.23. The third kappa shape index (κ3) is 2.02. The van der Waals surface area contributed by atoms with E-state index in [2.05, 4.69) is 10.3 Å². The molecule has 0 aromatic heterocycles. The minimum atomic E-state index is -0.307. The zero-order chi connectivity index (χ0) is 12.9. The Hall–Kier alpha value is -0.550. The lowest BCUT2D eigenvalue weighted by Gasteiger charge is -2.30. The maximum Gasteiger partial charge on any atom is 0.264 e. The molecule has 0 aromatic rings. The van der Waals surface area contributed by atoms with Gasteiger partial charge in [0.2, 0.25) is 0 Å². The summed E-state index contributed by atoms with van der Waals surface area (Å²) in [6.45, 7) is 1.38. The number of aliphatic imine (C=N–C) groups is 1. The summed E-state index contributed by atoms with van der Waals surface area (Å²) >= 11 is 1.67. The summed E-state index contributed by atoms with van der Waals surface area (Å²) in [5.74, 6) is 1.79. The van der Waals surface area contributed by atoms with Gasteiger partial charge < -0.3 is 10.1 Å². The lowest BCUT2D eigenvalue weighted by Crippen LogP contribution is -2.40. The van der Waals surface area contributed by atoms with E-state index in [4.69, 9.17) is 4.74 Å². The summed E-state index contributed by atoms with van der Waals surface area (Å²) < 4.78 is 5.07. The van der Waals surface area contributed by atoms with E-state index in [9.17, 15) is 4.79 Å². The number of hydrogen-bond acceptors (Lipinski definition) is 4. The molecule has 4 aliphatic rings. The number of ether oxygens (including phenoxy) is 1. The summed E-state index contributed by atoms with van der Waals surface area (Å²) in [4.78, 5) is 16.5. The van der Waals surface area contributed by atoms with Crippen molar-refractivity contribution >= 4 is 22.8 Å². The molecule has 2 saturated carbocycles. The number of fused-ring (bicyclic) bond motifs is 2. The fourth-order valence-corrected chi connectivity index (χ4v) is 5.32. The van der Waals surface area contributed by atoms with Crippen LogP contribution in [0.2, 0.25) is 0 Å². The van der Waals surface area contributed by atoms with E-state index in [-0.39, 0.29) is 10.7 Å². The Balaban J connectivity index is 1.43. The van der Waals surface area contributed by atoms with E-state index in [1.807, 2.05) is 0 Å². The van der Waals surface area contributed by atoms with Gasteiger partial charge in [-0.1, -0.05) is 18.2 Å². The molecule has 19 heavy (non-hydrogen) atoms. The van der Waals surface area contributed by atoms with Gasteiger partial charge in [0, 0.05) is 19.3 Å². The van der Waals surface area contributed by atoms with Crippen LogP contribution >= 0.6 is 11.8 Å². The van der Waals surface area contributed by atoms with E-state index < -0.39 is 0 Å². The topological polar surface area (TPSA) is 50.7 Å². The van der Waals surface area contributed by atoms with E-state index in [0.29, 0.717) is 19.3 Å². The zero-order valence-corrected chi connectivity index (χ0v) is 11.9. The minimum absolute atomic E-state index is 0.0615. The van der Waals surface area contributed by atoms with Crippen molar-refractivity contribution in [2.24, 2.45) is 16.8 Å². The van der Waals surface area contributed by atoms with Crippen molar-refractivity contribution < 1.29 is 9.53 Å². The highest BCUT2D eigenvalue weighted by atomic mass is 32.2. The molecule has 3 fully saturated rings. The molecule has 1 N–H and O–H groups in total. The number of nitrogens with zero attached hydrogens (tertiary/aromatic N) is 1. The molecule has 0 aromatic carbocycles. The van der Waals surface area contributed by atoms with Crippen LogP contribution in [-0.4, -0.2) is 35.1 Å². The quantitative estimate of drug-likeness (QED) is 0.797. The molecule has 1 spiro atoms. The molecule has 0 radical (unpaired) electrons. The normalized spacial score (nSPS) is 39.9. The SMILES string of the molecule is O=C1N=C(N[C@@H]2C[C@H]3CC[C@@H]2C3)SC12CCOCC2. The van der Waals surface area contributed by atoms with Gasteiger partial charge in [-0.15, -0.1) is 0 Å². The van der Waals surface area contributed by atoms with Gasteiger partial charge in [0.15, 0.2) is 5.17 Å². The fraction of sp³-hybridized carbons (Fsp3) is 0.857. The third-order valence-corrected chi connectivity index (χ3v) is 6.61. The van der Waals surface area contributed by atoms with Crippen LogP contribution in [0.15, 0.2) is 4.99 Å². The summed E-state index contributed by atoms with van der Waals surface area (Å²) in [5.41, 5.74) is 0. The lowest BCUT2D eigenvalue weighted by molar-refractivity contribution is -0.122. The Labute approximate surface area is 117 Å². The molecule has 4 rings (SSSR count).